The maximum atomic E-state index is 4.56. The molecule has 0 aromatic carbocycles. The van der Waals surface area contributed by atoms with Gasteiger partial charge in [0.2, 0.25) is 0 Å². The van der Waals surface area contributed by atoms with Crippen LogP contribution < -0.4 is 5.32 Å². The lowest BCUT2D eigenvalue weighted by molar-refractivity contribution is 0.131. The Morgan fingerprint density at radius 3 is 2.74 bits per heavy atom. The van der Waals surface area contributed by atoms with Crippen molar-refractivity contribution >= 4 is 0 Å². The molecule has 4 heteroatoms. The molecule has 19 heavy (non-hydrogen) atoms. The van der Waals surface area contributed by atoms with Crippen molar-refractivity contribution in [3.63, 3.8) is 0 Å². The summed E-state index contributed by atoms with van der Waals surface area (Å²) in [5.74, 6) is 0.790. The molecule has 1 N–H and O–H groups in total. The number of likely N-dealkylation sites (tertiary alicyclic amines) is 1. The molecule has 1 aliphatic heterocycles. The molecule has 2 heterocycles. The van der Waals surface area contributed by atoms with Gasteiger partial charge in [0.15, 0.2) is 0 Å². The largest absolute Gasteiger partial charge is 0.319 e. The molecule has 2 rings (SSSR count). The van der Waals surface area contributed by atoms with Gasteiger partial charge in [-0.2, -0.15) is 5.10 Å². The molecule has 108 valence electrons. The van der Waals surface area contributed by atoms with Crippen LogP contribution in [0, 0.1) is 19.8 Å². The van der Waals surface area contributed by atoms with E-state index in [4.69, 9.17) is 0 Å². The zero-order chi connectivity index (χ0) is 14.0. The highest BCUT2D eigenvalue weighted by molar-refractivity contribution is 5.27. The van der Waals surface area contributed by atoms with E-state index in [0.29, 0.717) is 6.04 Å². The Bertz CT molecular complexity index is 422. The van der Waals surface area contributed by atoms with E-state index in [1.807, 2.05) is 11.7 Å². The standard InChI is InChI=1S/C15H28N4/c1-11-15(12(2)18(5)17-11)13(3)19-8-6-7-14(10-19)9-16-4/h13-14,16H,6-10H2,1-5H3. The van der Waals surface area contributed by atoms with Gasteiger partial charge in [-0.05, 0) is 59.7 Å². The summed E-state index contributed by atoms with van der Waals surface area (Å²) < 4.78 is 2.01. The number of hydrogen-bond acceptors (Lipinski definition) is 3. The molecule has 2 unspecified atom stereocenters. The average Bonchev–Trinajstić information content (AvgIpc) is 2.63. The van der Waals surface area contributed by atoms with Gasteiger partial charge in [0, 0.05) is 30.9 Å². The van der Waals surface area contributed by atoms with E-state index in [9.17, 15) is 0 Å². The van der Waals surface area contributed by atoms with E-state index in [1.54, 1.807) is 0 Å². The SMILES string of the molecule is CNCC1CCCN(C(C)c2c(C)nn(C)c2C)C1. The molecule has 1 fully saturated rings. The van der Waals surface area contributed by atoms with Crippen LogP contribution in [-0.2, 0) is 7.05 Å². The van der Waals surface area contributed by atoms with Gasteiger partial charge in [0.25, 0.3) is 0 Å². The second kappa shape index (κ2) is 6.06. The summed E-state index contributed by atoms with van der Waals surface area (Å²) >= 11 is 0. The first-order chi connectivity index (χ1) is 9.04. The van der Waals surface area contributed by atoms with E-state index in [0.717, 1.165) is 12.5 Å². The van der Waals surface area contributed by atoms with Crippen LogP contribution in [0.15, 0.2) is 0 Å². The molecule has 0 bridgehead atoms. The number of nitrogens with one attached hydrogen (secondary N) is 1. The number of aromatic nitrogens is 2. The summed E-state index contributed by atoms with van der Waals surface area (Å²) in [6.45, 7) is 10.2. The summed E-state index contributed by atoms with van der Waals surface area (Å²) in [6, 6.07) is 0.480. The van der Waals surface area contributed by atoms with Gasteiger partial charge in [-0.3, -0.25) is 9.58 Å². The molecule has 0 radical (unpaired) electrons. The first kappa shape index (κ1) is 14.5. The minimum atomic E-state index is 0.480. The molecule has 1 saturated heterocycles. The number of rotatable bonds is 4. The van der Waals surface area contributed by atoms with Gasteiger partial charge in [-0.1, -0.05) is 0 Å². The van der Waals surface area contributed by atoms with Crippen LogP contribution in [0.1, 0.15) is 42.8 Å². The Morgan fingerprint density at radius 1 is 1.42 bits per heavy atom. The first-order valence-corrected chi connectivity index (χ1v) is 7.43. The topological polar surface area (TPSA) is 33.1 Å². The summed E-state index contributed by atoms with van der Waals surface area (Å²) in [7, 11) is 4.09. The highest BCUT2D eigenvalue weighted by Crippen LogP contribution is 2.29. The minimum absolute atomic E-state index is 0.480. The van der Waals surface area contributed by atoms with E-state index >= 15 is 0 Å². The van der Waals surface area contributed by atoms with Crippen molar-refractivity contribution in [3.05, 3.63) is 17.0 Å². The molecule has 4 nitrogen and oxygen atoms in total. The van der Waals surface area contributed by atoms with Crippen molar-refractivity contribution in [1.82, 2.24) is 20.0 Å². The molecule has 1 aromatic rings. The monoisotopic (exact) mass is 264 g/mol. The molecule has 0 amide bonds. The molecule has 0 spiro atoms. The summed E-state index contributed by atoms with van der Waals surface area (Å²) in [5, 5.41) is 7.88. The van der Waals surface area contributed by atoms with Gasteiger partial charge >= 0.3 is 0 Å². The second-order valence-electron chi connectivity index (χ2n) is 5.94. The van der Waals surface area contributed by atoms with Gasteiger partial charge in [0.05, 0.1) is 5.69 Å². The third-order valence-electron chi connectivity index (χ3n) is 4.57. The van der Waals surface area contributed by atoms with E-state index < -0.39 is 0 Å². The third-order valence-corrected chi connectivity index (χ3v) is 4.57. The smallest absolute Gasteiger partial charge is 0.0644 e. The Balaban J connectivity index is 2.12. The number of aryl methyl sites for hydroxylation is 2. The normalized spacial score (nSPS) is 22.7. The molecular weight excluding hydrogens is 236 g/mol. The third kappa shape index (κ3) is 3.00. The number of nitrogens with zero attached hydrogens (tertiary/aromatic N) is 3. The van der Waals surface area contributed by atoms with Crippen molar-refractivity contribution in [2.45, 2.75) is 39.7 Å². The van der Waals surface area contributed by atoms with Crippen LogP contribution in [0.25, 0.3) is 0 Å². The predicted molar refractivity (Wildman–Crippen MR) is 79.3 cm³/mol. The Morgan fingerprint density at radius 2 is 2.16 bits per heavy atom. The van der Waals surface area contributed by atoms with Crippen molar-refractivity contribution in [2.24, 2.45) is 13.0 Å². The van der Waals surface area contributed by atoms with Crippen molar-refractivity contribution < 1.29 is 0 Å². The van der Waals surface area contributed by atoms with Crippen LogP contribution in [0.5, 0.6) is 0 Å². The van der Waals surface area contributed by atoms with Crippen LogP contribution in [0.3, 0.4) is 0 Å². The molecule has 1 aromatic heterocycles. The fourth-order valence-electron chi connectivity index (χ4n) is 3.48. The zero-order valence-corrected chi connectivity index (χ0v) is 13.0. The minimum Gasteiger partial charge on any atom is -0.319 e. The van der Waals surface area contributed by atoms with Crippen molar-refractivity contribution in [3.8, 4) is 0 Å². The fourth-order valence-corrected chi connectivity index (χ4v) is 3.48. The van der Waals surface area contributed by atoms with Gasteiger partial charge < -0.3 is 5.32 Å². The summed E-state index contributed by atoms with van der Waals surface area (Å²) in [5.41, 5.74) is 3.91. The van der Waals surface area contributed by atoms with Gasteiger partial charge in [-0.15, -0.1) is 0 Å². The molecule has 2 atom stereocenters. The van der Waals surface area contributed by atoms with Gasteiger partial charge in [0.1, 0.15) is 0 Å². The average molecular weight is 264 g/mol. The van der Waals surface area contributed by atoms with Crippen molar-refractivity contribution in [2.75, 3.05) is 26.7 Å². The molecule has 1 aliphatic rings. The Kier molecular flexibility index (Phi) is 4.63. The van der Waals surface area contributed by atoms with Crippen LogP contribution in [0.4, 0.5) is 0 Å². The maximum absolute atomic E-state index is 4.56. The molecule has 0 aliphatic carbocycles. The Labute approximate surface area is 117 Å². The highest BCUT2D eigenvalue weighted by atomic mass is 15.3. The first-order valence-electron chi connectivity index (χ1n) is 7.43. The lowest BCUT2D eigenvalue weighted by Gasteiger charge is -2.37. The van der Waals surface area contributed by atoms with Gasteiger partial charge in [-0.25, -0.2) is 0 Å². The van der Waals surface area contributed by atoms with E-state index in [1.165, 1.54) is 42.9 Å². The van der Waals surface area contributed by atoms with E-state index in [-0.39, 0.29) is 0 Å². The van der Waals surface area contributed by atoms with E-state index in [2.05, 4.69) is 43.1 Å². The summed E-state index contributed by atoms with van der Waals surface area (Å²) in [6.07, 6.45) is 2.67. The lowest BCUT2D eigenvalue weighted by Crippen LogP contribution is -2.40. The predicted octanol–water partition coefficient (Wildman–Crippen LogP) is 2.03. The second-order valence-corrected chi connectivity index (χ2v) is 5.94. The maximum Gasteiger partial charge on any atom is 0.0644 e. The Hall–Kier alpha value is -0.870. The highest BCUT2D eigenvalue weighted by Gasteiger charge is 2.27. The van der Waals surface area contributed by atoms with Crippen LogP contribution >= 0.6 is 0 Å². The summed E-state index contributed by atoms with van der Waals surface area (Å²) in [4.78, 5) is 2.63. The van der Waals surface area contributed by atoms with Crippen LogP contribution in [0.2, 0.25) is 0 Å². The zero-order valence-electron chi connectivity index (χ0n) is 13.0. The fraction of sp³-hybridized carbons (Fsp3) is 0.800. The lowest BCUT2D eigenvalue weighted by atomic mass is 9.94. The molecular formula is C15H28N4. The molecule has 0 saturated carbocycles. The van der Waals surface area contributed by atoms with Crippen LogP contribution in [-0.4, -0.2) is 41.4 Å². The number of piperidine rings is 1. The van der Waals surface area contributed by atoms with Crippen molar-refractivity contribution in [1.29, 1.82) is 0 Å². The number of hydrogen-bond donors (Lipinski definition) is 1. The quantitative estimate of drug-likeness (QED) is 0.903.